The van der Waals surface area contributed by atoms with E-state index in [9.17, 15) is 9.59 Å². The molecule has 0 atom stereocenters. The van der Waals surface area contributed by atoms with E-state index in [0.29, 0.717) is 24.4 Å². The summed E-state index contributed by atoms with van der Waals surface area (Å²) in [6.45, 7) is 2.73. The summed E-state index contributed by atoms with van der Waals surface area (Å²) in [5.41, 5.74) is 6.50. The van der Waals surface area contributed by atoms with Gasteiger partial charge in [0.25, 0.3) is 0 Å². The molecule has 7 heteroatoms. The minimum absolute atomic E-state index is 0.182. The van der Waals surface area contributed by atoms with Gasteiger partial charge >= 0.3 is 5.97 Å². The lowest BCUT2D eigenvalue weighted by Gasteiger charge is -2.24. The topological polar surface area (TPSA) is 95.0 Å². The number of primary amides is 1. The third-order valence-electron chi connectivity index (χ3n) is 3.64. The van der Waals surface area contributed by atoms with Gasteiger partial charge in [0, 0.05) is 18.7 Å². The molecule has 0 aliphatic rings. The van der Waals surface area contributed by atoms with Gasteiger partial charge in [-0.3, -0.25) is 4.79 Å². The average Bonchev–Trinajstić information content (AvgIpc) is 3.07. The van der Waals surface area contributed by atoms with E-state index in [1.807, 2.05) is 29.2 Å². The highest BCUT2D eigenvalue weighted by Gasteiger charge is 2.19. The van der Waals surface area contributed by atoms with Crippen LogP contribution in [0.15, 0.2) is 41.0 Å². The van der Waals surface area contributed by atoms with Crippen LogP contribution in [0, 0.1) is 0 Å². The highest BCUT2D eigenvalue weighted by atomic mass is 16.5. The Labute approximate surface area is 146 Å². The van der Waals surface area contributed by atoms with E-state index in [1.54, 1.807) is 20.1 Å². The van der Waals surface area contributed by atoms with Crippen LogP contribution in [0.25, 0.3) is 0 Å². The number of carbonyl (C=O) groups excluding carboxylic acids is 2. The normalized spacial score (nSPS) is 10.3. The molecule has 0 aliphatic carbocycles. The maximum Gasteiger partial charge on any atom is 0.341 e. The van der Waals surface area contributed by atoms with E-state index in [2.05, 4.69) is 0 Å². The number of anilines is 1. The number of hydrogen-bond acceptors (Lipinski definition) is 6. The molecule has 7 nitrogen and oxygen atoms in total. The van der Waals surface area contributed by atoms with Crippen molar-refractivity contribution in [2.45, 2.75) is 19.9 Å². The van der Waals surface area contributed by atoms with Crippen molar-refractivity contribution in [1.29, 1.82) is 0 Å². The first kappa shape index (κ1) is 18.4. The third kappa shape index (κ3) is 5.00. The SMILES string of the molecule is CCOC(=O)c1ccoc1CN(CCC(N)=O)c1ccc(OC)cc1. The molecule has 0 saturated carbocycles. The predicted octanol–water partition coefficient (Wildman–Crippen LogP) is 2.35. The van der Waals surface area contributed by atoms with Gasteiger partial charge in [0.15, 0.2) is 0 Å². The van der Waals surface area contributed by atoms with Crippen LogP contribution in [-0.4, -0.2) is 32.1 Å². The lowest BCUT2D eigenvalue weighted by atomic mass is 10.2. The van der Waals surface area contributed by atoms with Crippen LogP contribution >= 0.6 is 0 Å². The van der Waals surface area contributed by atoms with Gasteiger partial charge in [0.1, 0.15) is 17.1 Å². The summed E-state index contributed by atoms with van der Waals surface area (Å²) in [4.78, 5) is 25.1. The molecular formula is C18H22N2O5. The quantitative estimate of drug-likeness (QED) is 0.700. The number of ether oxygens (including phenoxy) is 2. The number of benzene rings is 1. The fourth-order valence-electron chi connectivity index (χ4n) is 2.36. The van der Waals surface area contributed by atoms with E-state index in [-0.39, 0.29) is 13.0 Å². The van der Waals surface area contributed by atoms with Crippen LogP contribution in [0.4, 0.5) is 5.69 Å². The van der Waals surface area contributed by atoms with E-state index >= 15 is 0 Å². The van der Waals surface area contributed by atoms with Gasteiger partial charge in [-0.25, -0.2) is 4.79 Å². The number of carbonyl (C=O) groups is 2. The fraction of sp³-hybridized carbons (Fsp3) is 0.333. The van der Waals surface area contributed by atoms with E-state index in [4.69, 9.17) is 19.6 Å². The van der Waals surface area contributed by atoms with Crippen LogP contribution in [-0.2, 0) is 16.1 Å². The number of esters is 1. The minimum Gasteiger partial charge on any atom is -0.497 e. The van der Waals surface area contributed by atoms with Crippen molar-refractivity contribution in [1.82, 2.24) is 0 Å². The molecule has 25 heavy (non-hydrogen) atoms. The van der Waals surface area contributed by atoms with Crippen molar-refractivity contribution >= 4 is 17.6 Å². The Kier molecular flexibility index (Phi) is 6.45. The van der Waals surface area contributed by atoms with Gasteiger partial charge < -0.3 is 24.5 Å². The highest BCUT2D eigenvalue weighted by molar-refractivity contribution is 5.90. The number of methoxy groups -OCH3 is 1. The maximum atomic E-state index is 12.0. The summed E-state index contributed by atoms with van der Waals surface area (Å²) in [6, 6.07) is 8.95. The molecule has 0 unspecified atom stereocenters. The Hall–Kier alpha value is -2.96. The Balaban J connectivity index is 2.22. The first-order chi connectivity index (χ1) is 12.0. The van der Waals surface area contributed by atoms with Crippen molar-refractivity contribution in [3.63, 3.8) is 0 Å². The molecule has 2 aromatic rings. The van der Waals surface area contributed by atoms with Gasteiger partial charge in [-0.15, -0.1) is 0 Å². The Bertz CT molecular complexity index is 709. The van der Waals surface area contributed by atoms with E-state index in [1.165, 1.54) is 6.26 Å². The highest BCUT2D eigenvalue weighted by Crippen LogP contribution is 2.23. The van der Waals surface area contributed by atoms with Gasteiger partial charge in [-0.05, 0) is 37.3 Å². The molecule has 134 valence electrons. The summed E-state index contributed by atoms with van der Waals surface area (Å²) in [7, 11) is 1.59. The largest absolute Gasteiger partial charge is 0.497 e. The van der Waals surface area contributed by atoms with Crippen molar-refractivity contribution in [3.05, 3.63) is 47.9 Å². The molecule has 0 bridgehead atoms. The van der Waals surface area contributed by atoms with Gasteiger partial charge in [-0.2, -0.15) is 0 Å². The number of rotatable bonds is 9. The van der Waals surface area contributed by atoms with Crippen molar-refractivity contribution in [3.8, 4) is 5.75 Å². The summed E-state index contributed by atoms with van der Waals surface area (Å²) in [6.07, 6.45) is 1.63. The third-order valence-corrected chi connectivity index (χ3v) is 3.64. The Morgan fingerprint density at radius 2 is 1.92 bits per heavy atom. The second-order valence-corrected chi connectivity index (χ2v) is 5.31. The summed E-state index contributed by atoms with van der Waals surface area (Å²) >= 11 is 0. The van der Waals surface area contributed by atoms with Gasteiger partial charge in [0.05, 0.1) is 26.5 Å². The average molecular weight is 346 g/mol. The van der Waals surface area contributed by atoms with Crippen LogP contribution in [0.2, 0.25) is 0 Å². The zero-order valence-corrected chi connectivity index (χ0v) is 14.4. The molecule has 0 radical (unpaired) electrons. The number of amides is 1. The van der Waals surface area contributed by atoms with Crippen molar-refractivity contribution in [2.75, 3.05) is 25.2 Å². The molecule has 1 heterocycles. The molecule has 1 aromatic heterocycles. The Morgan fingerprint density at radius 1 is 1.20 bits per heavy atom. The first-order valence-corrected chi connectivity index (χ1v) is 7.96. The number of hydrogen-bond donors (Lipinski definition) is 1. The minimum atomic E-state index is -0.434. The zero-order valence-electron chi connectivity index (χ0n) is 14.4. The van der Waals surface area contributed by atoms with Crippen LogP contribution in [0.1, 0.15) is 29.5 Å². The second kappa shape index (κ2) is 8.77. The van der Waals surface area contributed by atoms with Crippen LogP contribution in [0.3, 0.4) is 0 Å². The molecule has 0 fully saturated rings. The fourth-order valence-corrected chi connectivity index (χ4v) is 2.36. The second-order valence-electron chi connectivity index (χ2n) is 5.31. The predicted molar refractivity (Wildman–Crippen MR) is 92.5 cm³/mol. The molecule has 0 spiro atoms. The van der Waals surface area contributed by atoms with E-state index in [0.717, 1.165) is 11.4 Å². The maximum absolute atomic E-state index is 12.0. The molecular weight excluding hydrogens is 324 g/mol. The molecule has 0 aliphatic heterocycles. The first-order valence-electron chi connectivity index (χ1n) is 7.96. The summed E-state index contributed by atoms with van der Waals surface area (Å²) in [5, 5.41) is 0. The zero-order chi connectivity index (χ0) is 18.2. The number of nitrogens with two attached hydrogens (primary N) is 1. The monoisotopic (exact) mass is 346 g/mol. The number of nitrogens with zero attached hydrogens (tertiary/aromatic N) is 1. The van der Waals surface area contributed by atoms with Crippen LogP contribution < -0.4 is 15.4 Å². The van der Waals surface area contributed by atoms with E-state index < -0.39 is 11.9 Å². The van der Waals surface area contributed by atoms with Crippen molar-refractivity contribution < 1.29 is 23.5 Å². The molecule has 2 rings (SSSR count). The van der Waals surface area contributed by atoms with Gasteiger partial charge in [-0.1, -0.05) is 0 Å². The standard InChI is InChI=1S/C18H22N2O5/c1-3-24-18(22)15-9-11-25-16(15)12-20(10-8-17(19)21)13-4-6-14(23-2)7-5-13/h4-7,9,11H,3,8,10,12H2,1-2H3,(H2,19,21). The number of furan rings is 1. The smallest absolute Gasteiger partial charge is 0.341 e. The van der Waals surface area contributed by atoms with Crippen LogP contribution in [0.5, 0.6) is 5.75 Å². The Morgan fingerprint density at radius 3 is 2.52 bits per heavy atom. The molecule has 0 saturated heterocycles. The summed E-state index contributed by atoms with van der Waals surface area (Å²) in [5.74, 6) is 0.363. The van der Waals surface area contributed by atoms with Gasteiger partial charge in [0.2, 0.25) is 5.91 Å². The lowest BCUT2D eigenvalue weighted by Crippen LogP contribution is -2.28. The van der Waals surface area contributed by atoms with Crippen molar-refractivity contribution in [2.24, 2.45) is 5.73 Å². The molecule has 1 aromatic carbocycles. The molecule has 1 amide bonds. The lowest BCUT2D eigenvalue weighted by molar-refractivity contribution is -0.117. The molecule has 2 N–H and O–H groups in total. The summed E-state index contributed by atoms with van der Waals surface area (Å²) < 4.78 is 15.6.